The van der Waals surface area contributed by atoms with Gasteiger partial charge in [-0.25, -0.2) is 4.98 Å². The van der Waals surface area contributed by atoms with Gasteiger partial charge >= 0.3 is 0 Å². The monoisotopic (exact) mass is 539 g/mol. The van der Waals surface area contributed by atoms with Crippen molar-refractivity contribution in [2.24, 2.45) is 0 Å². The fraction of sp³-hybridized carbons (Fsp3) is 0.267. The van der Waals surface area contributed by atoms with E-state index in [2.05, 4.69) is 49.4 Å². The quantitative estimate of drug-likeness (QED) is 0.309. The summed E-state index contributed by atoms with van der Waals surface area (Å²) in [5.74, 6) is 0.654. The summed E-state index contributed by atoms with van der Waals surface area (Å²) in [6, 6.07) is 20.9. The molecule has 206 valence electrons. The van der Waals surface area contributed by atoms with Gasteiger partial charge in [0, 0.05) is 67.4 Å². The highest BCUT2D eigenvalue weighted by Gasteiger charge is 2.17. The van der Waals surface area contributed by atoms with E-state index in [-0.39, 0.29) is 18.5 Å². The van der Waals surface area contributed by atoms with Gasteiger partial charge in [0.25, 0.3) is 5.91 Å². The van der Waals surface area contributed by atoms with Gasteiger partial charge < -0.3 is 30.7 Å². The van der Waals surface area contributed by atoms with Crippen molar-refractivity contribution in [1.29, 1.82) is 0 Å². The lowest BCUT2D eigenvalue weighted by atomic mass is 10.0. The van der Waals surface area contributed by atoms with Crippen LogP contribution in [0.25, 0.3) is 11.4 Å². The molecule has 10 heteroatoms. The zero-order valence-corrected chi connectivity index (χ0v) is 22.7. The highest BCUT2D eigenvalue weighted by atomic mass is 16.5. The fourth-order valence-electron chi connectivity index (χ4n) is 4.66. The van der Waals surface area contributed by atoms with Gasteiger partial charge in [-0.2, -0.15) is 9.97 Å². The molecule has 4 N–H and O–H groups in total. The first-order valence-electron chi connectivity index (χ1n) is 13.1. The minimum atomic E-state index is -0.324. The van der Waals surface area contributed by atoms with Gasteiger partial charge in [0.1, 0.15) is 5.82 Å². The lowest BCUT2D eigenvalue weighted by Gasteiger charge is -2.28. The summed E-state index contributed by atoms with van der Waals surface area (Å²) in [5.41, 5.74) is 11.3. The first-order valence-corrected chi connectivity index (χ1v) is 13.1. The Bertz CT molecular complexity index is 1470. The SMILES string of the molecule is CN(C)c1ccc(C(=O)Nc2cccc(-c3nc(N)nc(Cc4ccc(N5CCOCC5)cc4)n3)c2CO)cc1. The number of aromatic nitrogens is 3. The molecule has 0 aliphatic carbocycles. The number of nitrogen functional groups attached to an aromatic ring is 1. The molecule has 0 unspecified atom stereocenters. The minimum absolute atomic E-state index is 0.0873. The molecule has 1 aromatic heterocycles. The van der Waals surface area contributed by atoms with E-state index < -0.39 is 0 Å². The topological polar surface area (TPSA) is 130 Å². The number of anilines is 4. The maximum atomic E-state index is 13.0. The van der Waals surface area contributed by atoms with Crippen LogP contribution in [-0.2, 0) is 17.8 Å². The molecule has 4 aromatic rings. The van der Waals surface area contributed by atoms with Crippen LogP contribution in [0.4, 0.5) is 23.0 Å². The van der Waals surface area contributed by atoms with Crippen molar-refractivity contribution in [2.75, 3.05) is 61.2 Å². The van der Waals surface area contributed by atoms with Crippen LogP contribution in [0.2, 0.25) is 0 Å². The Morgan fingerprint density at radius 1 is 1.00 bits per heavy atom. The first kappa shape index (κ1) is 27.0. The second-order valence-corrected chi connectivity index (χ2v) is 9.76. The third kappa shape index (κ3) is 6.19. The summed E-state index contributed by atoms with van der Waals surface area (Å²) in [4.78, 5) is 30.6. The number of carbonyl (C=O) groups is 1. The first-order chi connectivity index (χ1) is 19.4. The van der Waals surface area contributed by atoms with Crippen molar-refractivity contribution in [3.63, 3.8) is 0 Å². The van der Waals surface area contributed by atoms with Crippen molar-refractivity contribution >= 4 is 28.9 Å². The number of benzene rings is 3. The molecule has 0 spiro atoms. The molecule has 1 saturated heterocycles. The molecule has 1 fully saturated rings. The van der Waals surface area contributed by atoms with Crippen molar-refractivity contribution in [3.8, 4) is 11.4 Å². The second-order valence-electron chi connectivity index (χ2n) is 9.76. The number of nitrogens with one attached hydrogen (secondary N) is 1. The minimum Gasteiger partial charge on any atom is -0.392 e. The lowest BCUT2D eigenvalue weighted by Crippen LogP contribution is -2.36. The van der Waals surface area contributed by atoms with Crippen LogP contribution in [0.1, 0.15) is 27.3 Å². The number of amides is 1. The predicted molar refractivity (Wildman–Crippen MR) is 157 cm³/mol. The number of aliphatic hydroxyl groups excluding tert-OH is 1. The largest absolute Gasteiger partial charge is 0.392 e. The normalized spacial score (nSPS) is 13.2. The lowest BCUT2D eigenvalue weighted by molar-refractivity contribution is 0.102. The number of nitrogens with zero attached hydrogens (tertiary/aromatic N) is 5. The Labute approximate surface area is 233 Å². The number of aliphatic hydroxyl groups is 1. The van der Waals surface area contributed by atoms with E-state index in [0.717, 1.165) is 43.2 Å². The summed E-state index contributed by atoms with van der Waals surface area (Å²) in [6.45, 7) is 2.90. The summed E-state index contributed by atoms with van der Waals surface area (Å²) in [7, 11) is 3.88. The third-order valence-electron chi connectivity index (χ3n) is 6.84. The van der Waals surface area contributed by atoms with E-state index in [1.807, 2.05) is 31.1 Å². The summed E-state index contributed by atoms with van der Waals surface area (Å²) in [6.07, 6.45) is 0.469. The van der Waals surface area contributed by atoms with E-state index in [1.54, 1.807) is 30.3 Å². The van der Waals surface area contributed by atoms with Gasteiger partial charge in [-0.3, -0.25) is 4.79 Å². The van der Waals surface area contributed by atoms with E-state index >= 15 is 0 Å². The fourth-order valence-corrected chi connectivity index (χ4v) is 4.66. The highest BCUT2D eigenvalue weighted by molar-refractivity contribution is 6.05. The second kappa shape index (κ2) is 12.1. The molecule has 0 radical (unpaired) electrons. The van der Waals surface area contributed by atoms with Gasteiger partial charge in [0.15, 0.2) is 5.82 Å². The molecule has 3 aromatic carbocycles. The van der Waals surface area contributed by atoms with Crippen molar-refractivity contribution < 1.29 is 14.6 Å². The van der Waals surface area contributed by atoms with Gasteiger partial charge in [0.05, 0.1) is 19.8 Å². The zero-order valence-electron chi connectivity index (χ0n) is 22.7. The Morgan fingerprint density at radius 2 is 1.73 bits per heavy atom. The number of hydrogen-bond donors (Lipinski definition) is 3. The Kier molecular flexibility index (Phi) is 8.18. The predicted octanol–water partition coefficient (Wildman–Crippen LogP) is 3.36. The standard InChI is InChI=1S/C30H33N7O3/c1-36(2)22-12-8-21(9-13-22)29(39)32-26-5-3-4-24(25(26)19-38)28-33-27(34-30(31)35-28)18-20-6-10-23(11-7-20)37-14-16-40-17-15-37/h3-13,38H,14-19H2,1-2H3,(H,32,39)(H2,31,33,34,35). The Balaban J connectivity index is 1.36. The maximum Gasteiger partial charge on any atom is 0.255 e. The van der Waals surface area contributed by atoms with Crippen molar-refractivity contribution in [3.05, 3.63) is 89.2 Å². The highest BCUT2D eigenvalue weighted by Crippen LogP contribution is 2.29. The molecule has 40 heavy (non-hydrogen) atoms. The molecular weight excluding hydrogens is 506 g/mol. The van der Waals surface area contributed by atoms with E-state index in [9.17, 15) is 9.90 Å². The van der Waals surface area contributed by atoms with Crippen LogP contribution < -0.4 is 20.9 Å². The van der Waals surface area contributed by atoms with Gasteiger partial charge in [-0.1, -0.05) is 24.3 Å². The molecule has 1 aliphatic heterocycles. The van der Waals surface area contributed by atoms with Gasteiger partial charge in [0.2, 0.25) is 5.95 Å². The molecular formula is C30H33N7O3. The Hall–Kier alpha value is -4.54. The van der Waals surface area contributed by atoms with Gasteiger partial charge in [-0.05, 0) is 48.0 Å². The van der Waals surface area contributed by atoms with Gasteiger partial charge in [-0.15, -0.1) is 0 Å². The molecule has 0 bridgehead atoms. The Morgan fingerprint density at radius 3 is 2.40 bits per heavy atom. The zero-order chi connectivity index (χ0) is 28.1. The molecule has 1 aliphatic rings. The third-order valence-corrected chi connectivity index (χ3v) is 6.84. The van der Waals surface area contributed by atoms with Crippen LogP contribution in [-0.4, -0.2) is 66.4 Å². The smallest absolute Gasteiger partial charge is 0.255 e. The van der Waals surface area contributed by atoms with E-state index in [1.165, 1.54) is 0 Å². The number of hydrogen-bond acceptors (Lipinski definition) is 9. The van der Waals surface area contributed by atoms with E-state index in [4.69, 9.17) is 10.5 Å². The summed E-state index contributed by atoms with van der Waals surface area (Å²) in [5, 5.41) is 13.2. The summed E-state index contributed by atoms with van der Waals surface area (Å²) >= 11 is 0. The molecule has 2 heterocycles. The van der Waals surface area contributed by atoms with Crippen LogP contribution in [0.3, 0.4) is 0 Å². The molecule has 5 rings (SSSR count). The van der Waals surface area contributed by atoms with Crippen molar-refractivity contribution in [2.45, 2.75) is 13.0 Å². The van der Waals surface area contributed by atoms with E-state index in [0.29, 0.717) is 40.4 Å². The van der Waals surface area contributed by atoms with Crippen LogP contribution >= 0.6 is 0 Å². The summed E-state index contributed by atoms with van der Waals surface area (Å²) < 4.78 is 5.44. The molecule has 0 saturated carbocycles. The number of rotatable bonds is 8. The average Bonchev–Trinajstić information content (AvgIpc) is 2.97. The van der Waals surface area contributed by atoms with Crippen LogP contribution in [0, 0.1) is 0 Å². The maximum absolute atomic E-state index is 13.0. The molecule has 10 nitrogen and oxygen atoms in total. The number of morpholine rings is 1. The van der Waals surface area contributed by atoms with Crippen LogP contribution in [0.5, 0.6) is 0 Å². The van der Waals surface area contributed by atoms with Crippen molar-refractivity contribution in [1.82, 2.24) is 15.0 Å². The number of nitrogens with two attached hydrogens (primary N) is 1. The number of carbonyl (C=O) groups excluding carboxylic acids is 1. The molecule has 1 amide bonds. The molecule has 0 atom stereocenters. The average molecular weight is 540 g/mol. The number of ether oxygens (including phenoxy) is 1. The van der Waals surface area contributed by atoms with Crippen LogP contribution in [0.15, 0.2) is 66.7 Å².